The van der Waals surface area contributed by atoms with Crippen molar-refractivity contribution in [1.29, 1.82) is 0 Å². The number of amides is 2. The van der Waals surface area contributed by atoms with Gasteiger partial charge in [0.15, 0.2) is 0 Å². The fraction of sp³-hybridized carbons (Fsp3) is 0.211. The third kappa shape index (κ3) is 4.05. The Hall–Kier alpha value is -2.38. The highest BCUT2D eigenvalue weighted by Crippen LogP contribution is 2.34. The van der Waals surface area contributed by atoms with Crippen LogP contribution in [0.1, 0.15) is 12.0 Å². The zero-order chi connectivity index (χ0) is 18.7. The highest BCUT2D eigenvalue weighted by Gasteiger charge is 2.38. The molecule has 1 N–H and O–H groups in total. The molecule has 0 saturated carbocycles. The lowest BCUT2D eigenvalue weighted by Gasteiger charge is -2.15. The second-order valence-corrected chi connectivity index (χ2v) is 7.70. The van der Waals surface area contributed by atoms with Crippen molar-refractivity contribution in [2.24, 2.45) is 0 Å². The number of hydrogen-bond acceptors (Lipinski definition) is 5. The van der Waals surface area contributed by atoms with Crippen molar-refractivity contribution >= 4 is 51.5 Å². The van der Waals surface area contributed by atoms with E-state index in [1.165, 1.54) is 16.7 Å². The molecule has 134 valence electrons. The molecule has 2 amide bonds. The second kappa shape index (κ2) is 7.88. The molecule has 1 saturated heterocycles. The summed E-state index contributed by atoms with van der Waals surface area (Å²) in [4.78, 5) is 26.5. The summed E-state index contributed by atoms with van der Waals surface area (Å²) >= 11 is 6.59. The van der Waals surface area contributed by atoms with Crippen LogP contribution in [0.15, 0.2) is 48.5 Å². The van der Waals surface area contributed by atoms with Gasteiger partial charge in [0.1, 0.15) is 15.3 Å². The predicted molar refractivity (Wildman–Crippen MR) is 109 cm³/mol. The van der Waals surface area contributed by atoms with Crippen LogP contribution in [-0.2, 0) is 9.59 Å². The largest absolute Gasteiger partial charge is 0.497 e. The van der Waals surface area contributed by atoms with Gasteiger partial charge in [-0.3, -0.25) is 14.5 Å². The van der Waals surface area contributed by atoms with Gasteiger partial charge in [0, 0.05) is 12.1 Å². The Morgan fingerprint density at radius 3 is 2.46 bits per heavy atom. The molecule has 5 nitrogen and oxygen atoms in total. The first-order valence-corrected chi connectivity index (χ1v) is 9.32. The van der Waals surface area contributed by atoms with Crippen LogP contribution in [0, 0.1) is 6.92 Å². The number of benzene rings is 2. The van der Waals surface area contributed by atoms with E-state index >= 15 is 0 Å². The molecule has 0 aromatic heterocycles. The maximum Gasteiger partial charge on any atom is 0.246 e. The quantitative estimate of drug-likeness (QED) is 0.793. The summed E-state index contributed by atoms with van der Waals surface area (Å²) in [5, 5.41) is 2.28. The SMILES string of the molecule is COc1ccc(NC(=O)CC2SC(=S)N(c3ccc(C)cc3)C2=O)cc1. The lowest BCUT2D eigenvalue weighted by Crippen LogP contribution is -2.32. The number of carbonyl (C=O) groups is 2. The van der Waals surface area contributed by atoms with E-state index in [9.17, 15) is 9.59 Å². The minimum Gasteiger partial charge on any atom is -0.497 e. The first kappa shape index (κ1) is 18.4. The van der Waals surface area contributed by atoms with Crippen LogP contribution in [-0.4, -0.2) is 28.5 Å². The first-order valence-electron chi connectivity index (χ1n) is 8.03. The van der Waals surface area contributed by atoms with E-state index in [0.29, 0.717) is 15.8 Å². The molecule has 0 aliphatic carbocycles. The molecule has 0 spiro atoms. The Morgan fingerprint density at radius 1 is 1.19 bits per heavy atom. The molecule has 3 rings (SSSR count). The van der Waals surface area contributed by atoms with Gasteiger partial charge in [0.25, 0.3) is 0 Å². The molecule has 1 aliphatic heterocycles. The normalized spacial score (nSPS) is 16.7. The second-order valence-electron chi connectivity index (χ2n) is 5.86. The number of ether oxygens (including phenoxy) is 1. The molecule has 2 aromatic rings. The van der Waals surface area contributed by atoms with Crippen LogP contribution < -0.4 is 15.0 Å². The minimum absolute atomic E-state index is 0.0675. The predicted octanol–water partition coefficient (Wildman–Crippen LogP) is 3.77. The molecular weight excluding hydrogens is 368 g/mol. The molecule has 1 heterocycles. The number of nitrogens with one attached hydrogen (secondary N) is 1. The summed E-state index contributed by atoms with van der Waals surface area (Å²) in [6, 6.07) is 14.6. The summed E-state index contributed by atoms with van der Waals surface area (Å²) in [5.41, 5.74) is 2.50. The van der Waals surface area contributed by atoms with E-state index in [1.807, 2.05) is 31.2 Å². The highest BCUT2D eigenvalue weighted by molar-refractivity contribution is 8.25. The number of aryl methyl sites for hydroxylation is 1. The molecule has 1 atom stereocenters. The zero-order valence-corrected chi connectivity index (χ0v) is 16.0. The Labute approximate surface area is 161 Å². The van der Waals surface area contributed by atoms with Crippen molar-refractivity contribution in [2.45, 2.75) is 18.6 Å². The molecule has 0 radical (unpaired) electrons. The van der Waals surface area contributed by atoms with Gasteiger partial charge in [0.2, 0.25) is 11.8 Å². The lowest BCUT2D eigenvalue weighted by atomic mass is 10.2. The van der Waals surface area contributed by atoms with E-state index in [-0.39, 0.29) is 18.2 Å². The van der Waals surface area contributed by atoms with Gasteiger partial charge < -0.3 is 10.1 Å². The average molecular weight is 386 g/mol. The standard InChI is InChI=1S/C19H18N2O3S2/c1-12-3-7-14(8-4-12)21-18(23)16(26-19(21)25)11-17(22)20-13-5-9-15(24-2)10-6-13/h3-10,16H,11H2,1-2H3,(H,20,22). The summed E-state index contributed by atoms with van der Waals surface area (Å²) in [6.45, 7) is 1.98. The fourth-order valence-electron chi connectivity index (χ4n) is 2.57. The van der Waals surface area contributed by atoms with Gasteiger partial charge in [-0.15, -0.1) is 0 Å². The molecule has 26 heavy (non-hydrogen) atoms. The van der Waals surface area contributed by atoms with Gasteiger partial charge in [0.05, 0.1) is 12.8 Å². The number of thioether (sulfide) groups is 1. The van der Waals surface area contributed by atoms with E-state index in [4.69, 9.17) is 17.0 Å². The van der Waals surface area contributed by atoms with Crippen molar-refractivity contribution < 1.29 is 14.3 Å². The van der Waals surface area contributed by atoms with Crippen molar-refractivity contribution in [3.8, 4) is 5.75 Å². The van der Waals surface area contributed by atoms with Crippen molar-refractivity contribution in [3.63, 3.8) is 0 Å². The third-order valence-electron chi connectivity index (χ3n) is 3.96. The van der Waals surface area contributed by atoms with E-state index in [2.05, 4.69) is 5.32 Å². The average Bonchev–Trinajstić information content (AvgIpc) is 2.90. The van der Waals surface area contributed by atoms with Gasteiger partial charge in [-0.25, -0.2) is 0 Å². The number of methoxy groups -OCH3 is 1. The number of thiocarbonyl (C=S) groups is 1. The zero-order valence-electron chi connectivity index (χ0n) is 14.4. The molecule has 2 aromatic carbocycles. The molecule has 0 bridgehead atoms. The monoisotopic (exact) mass is 386 g/mol. The van der Waals surface area contributed by atoms with Crippen LogP contribution in [0.25, 0.3) is 0 Å². The maximum absolute atomic E-state index is 12.7. The number of anilines is 2. The molecule has 7 heteroatoms. The first-order chi connectivity index (χ1) is 12.5. The molecule has 1 unspecified atom stereocenters. The number of rotatable bonds is 5. The summed E-state index contributed by atoms with van der Waals surface area (Å²) in [7, 11) is 1.58. The van der Waals surface area contributed by atoms with E-state index in [1.54, 1.807) is 31.4 Å². The van der Waals surface area contributed by atoms with E-state index < -0.39 is 5.25 Å². The van der Waals surface area contributed by atoms with Crippen LogP contribution in [0.2, 0.25) is 0 Å². The van der Waals surface area contributed by atoms with Crippen molar-refractivity contribution in [2.75, 3.05) is 17.3 Å². The number of carbonyl (C=O) groups excluding carboxylic acids is 2. The highest BCUT2D eigenvalue weighted by atomic mass is 32.2. The Bertz CT molecular complexity index is 835. The summed E-state index contributed by atoms with van der Waals surface area (Å²) in [6.07, 6.45) is 0.0675. The molecule has 1 fully saturated rings. The van der Waals surface area contributed by atoms with Crippen LogP contribution in [0.4, 0.5) is 11.4 Å². The topological polar surface area (TPSA) is 58.6 Å². The third-order valence-corrected chi connectivity index (χ3v) is 5.47. The summed E-state index contributed by atoms with van der Waals surface area (Å²) in [5.74, 6) is 0.326. The Morgan fingerprint density at radius 2 is 1.85 bits per heavy atom. The van der Waals surface area contributed by atoms with Crippen LogP contribution in [0.5, 0.6) is 5.75 Å². The maximum atomic E-state index is 12.7. The molecule has 1 aliphatic rings. The fourth-order valence-corrected chi connectivity index (χ4v) is 4.10. The van der Waals surface area contributed by atoms with Crippen molar-refractivity contribution in [1.82, 2.24) is 0 Å². The van der Waals surface area contributed by atoms with E-state index in [0.717, 1.165) is 11.3 Å². The number of hydrogen-bond donors (Lipinski definition) is 1. The smallest absolute Gasteiger partial charge is 0.246 e. The van der Waals surface area contributed by atoms with Gasteiger partial charge in [-0.2, -0.15) is 0 Å². The summed E-state index contributed by atoms with van der Waals surface area (Å²) < 4.78 is 5.56. The van der Waals surface area contributed by atoms with Gasteiger partial charge >= 0.3 is 0 Å². The minimum atomic E-state index is -0.512. The van der Waals surface area contributed by atoms with Gasteiger partial charge in [-0.05, 0) is 43.3 Å². The molecular formula is C19H18N2O3S2. The Kier molecular flexibility index (Phi) is 5.58. The van der Waals surface area contributed by atoms with Crippen molar-refractivity contribution in [3.05, 3.63) is 54.1 Å². The lowest BCUT2D eigenvalue weighted by molar-refractivity contribution is -0.121. The Balaban J connectivity index is 1.64. The number of nitrogens with zero attached hydrogens (tertiary/aromatic N) is 1. The van der Waals surface area contributed by atoms with Crippen LogP contribution >= 0.6 is 24.0 Å². The van der Waals surface area contributed by atoms with Crippen LogP contribution in [0.3, 0.4) is 0 Å². The van der Waals surface area contributed by atoms with Gasteiger partial charge in [-0.1, -0.05) is 41.7 Å².